The van der Waals surface area contributed by atoms with Crippen molar-refractivity contribution in [1.82, 2.24) is 0 Å². The first-order valence-corrected chi connectivity index (χ1v) is 4.74. The highest BCUT2D eigenvalue weighted by atomic mass is 17.2. The Morgan fingerprint density at radius 1 is 0.929 bits per heavy atom. The van der Waals surface area contributed by atoms with Crippen molar-refractivity contribution in [3.63, 3.8) is 0 Å². The van der Waals surface area contributed by atoms with Crippen LogP contribution in [-0.4, -0.2) is 23.8 Å². The van der Waals surface area contributed by atoms with Crippen LogP contribution in [0.3, 0.4) is 0 Å². The summed E-state index contributed by atoms with van der Waals surface area (Å²) in [7, 11) is 0. The fourth-order valence-corrected chi connectivity index (χ4v) is 0.514. The maximum atomic E-state index is 10.7. The molecule has 0 aromatic rings. The zero-order chi connectivity index (χ0) is 11.2. The van der Waals surface area contributed by atoms with E-state index in [0.717, 1.165) is 0 Å². The third-order valence-electron chi connectivity index (χ3n) is 2.33. The molecule has 2 unspecified atom stereocenters. The van der Waals surface area contributed by atoms with Crippen molar-refractivity contribution >= 4 is 12.6 Å². The largest absolute Gasteiger partial charge is 0.300 e. The van der Waals surface area contributed by atoms with Crippen LogP contribution in [0, 0.1) is 0 Å². The van der Waals surface area contributed by atoms with Gasteiger partial charge in [-0.2, -0.15) is 0 Å². The quantitative estimate of drug-likeness (QED) is 0.358. The van der Waals surface area contributed by atoms with Crippen molar-refractivity contribution in [3.8, 4) is 0 Å². The van der Waals surface area contributed by atoms with E-state index in [1.807, 2.05) is 13.8 Å². The maximum Gasteiger partial charge on any atom is 0.155 e. The molecule has 0 aromatic carbocycles. The summed E-state index contributed by atoms with van der Waals surface area (Å²) in [4.78, 5) is 31.3. The van der Waals surface area contributed by atoms with Gasteiger partial charge in [0, 0.05) is 0 Å². The lowest BCUT2D eigenvalue weighted by Gasteiger charge is -2.27. The molecule has 0 bridgehead atoms. The Bertz CT molecular complexity index is 182. The molecule has 0 aliphatic rings. The zero-order valence-corrected chi connectivity index (χ0v) is 9.20. The minimum absolute atomic E-state index is 0.495. The van der Waals surface area contributed by atoms with Crippen LogP contribution >= 0.6 is 0 Å². The highest BCUT2D eigenvalue weighted by Crippen LogP contribution is 2.19. The molecule has 0 aliphatic carbocycles. The van der Waals surface area contributed by atoms with Gasteiger partial charge in [0.2, 0.25) is 0 Å². The summed E-state index contributed by atoms with van der Waals surface area (Å²) in [5.41, 5.74) is -1.95. The molecule has 0 rings (SSSR count). The van der Waals surface area contributed by atoms with Crippen molar-refractivity contribution in [2.24, 2.45) is 0 Å². The third kappa shape index (κ3) is 3.55. The predicted octanol–water partition coefficient (Wildman–Crippen LogP) is 1.67. The van der Waals surface area contributed by atoms with Crippen LogP contribution in [0.1, 0.15) is 40.5 Å². The minimum Gasteiger partial charge on any atom is -0.300 e. The van der Waals surface area contributed by atoms with Gasteiger partial charge in [0.25, 0.3) is 0 Å². The summed E-state index contributed by atoms with van der Waals surface area (Å²) >= 11 is 0. The lowest BCUT2D eigenvalue weighted by Crippen LogP contribution is -2.37. The monoisotopic (exact) mass is 202 g/mol. The van der Waals surface area contributed by atoms with Crippen molar-refractivity contribution in [2.45, 2.75) is 51.7 Å². The lowest BCUT2D eigenvalue weighted by atomic mass is 10.1. The SMILES string of the molecule is CCC(C)(C=O)OOC(C)(C=O)CC. The third-order valence-corrected chi connectivity index (χ3v) is 2.33. The number of carbonyl (C=O) groups is 2. The van der Waals surface area contributed by atoms with Crippen LogP contribution in [0.25, 0.3) is 0 Å². The minimum atomic E-state index is -0.973. The topological polar surface area (TPSA) is 52.6 Å². The molecule has 14 heavy (non-hydrogen) atoms. The maximum absolute atomic E-state index is 10.7. The molecule has 0 saturated carbocycles. The smallest absolute Gasteiger partial charge is 0.155 e. The van der Waals surface area contributed by atoms with Crippen LogP contribution in [0.2, 0.25) is 0 Å². The van der Waals surface area contributed by atoms with Crippen LogP contribution in [-0.2, 0) is 19.4 Å². The van der Waals surface area contributed by atoms with Crippen molar-refractivity contribution in [2.75, 3.05) is 0 Å². The molecule has 0 N–H and O–H groups in total. The van der Waals surface area contributed by atoms with E-state index in [1.54, 1.807) is 13.8 Å². The molecule has 82 valence electrons. The van der Waals surface area contributed by atoms with Crippen LogP contribution in [0.15, 0.2) is 0 Å². The summed E-state index contributed by atoms with van der Waals surface area (Å²) in [5, 5.41) is 0. The summed E-state index contributed by atoms with van der Waals surface area (Å²) in [6.07, 6.45) is 2.34. The number of hydrogen-bond acceptors (Lipinski definition) is 4. The van der Waals surface area contributed by atoms with Gasteiger partial charge in [-0.1, -0.05) is 13.8 Å². The second-order valence-corrected chi connectivity index (χ2v) is 3.73. The van der Waals surface area contributed by atoms with Crippen molar-refractivity contribution in [3.05, 3.63) is 0 Å². The summed E-state index contributed by atoms with van der Waals surface area (Å²) in [6, 6.07) is 0. The molecule has 0 heterocycles. The molecule has 0 aliphatic heterocycles. The van der Waals surface area contributed by atoms with Gasteiger partial charge in [-0.3, -0.25) is 0 Å². The average molecular weight is 202 g/mol. The van der Waals surface area contributed by atoms with Crippen LogP contribution in [0.5, 0.6) is 0 Å². The Morgan fingerprint density at radius 3 is 1.36 bits per heavy atom. The fraction of sp³-hybridized carbons (Fsp3) is 0.800. The van der Waals surface area contributed by atoms with Crippen LogP contribution < -0.4 is 0 Å². The second-order valence-electron chi connectivity index (χ2n) is 3.73. The summed E-state index contributed by atoms with van der Waals surface area (Å²) in [5.74, 6) is 0. The Balaban J connectivity index is 4.27. The Morgan fingerprint density at radius 2 is 1.21 bits per heavy atom. The molecule has 0 saturated heterocycles. The molecular formula is C10H18O4. The number of carbonyl (C=O) groups excluding carboxylic acids is 2. The molecule has 4 nitrogen and oxygen atoms in total. The van der Waals surface area contributed by atoms with E-state index in [9.17, 15) is 9.59 Å². The van der Waals surface area contributed by atoms with Crippen molar-refractivity contribution < 1.29 is 19.4 Å². The Kier molecular flexibility index (Phi) is 4.94. The van der Waals surface area contributed by atoms with Gasteiger partial charge in [0.05, 0.1) is 0 Å². The molecule has 4 heteroatoms. The number of hydrogen-bond donors (Lipinski definition) is 0. The van der Waals surface area contributed by atoms with E-state index in [-0.39, 0.29) is 0 Å². The van der Waals surface area contributed by atoms with E-state index in [0.29, 0.717) is 25.4 Å². The normalized spacial score (nSPS) is 19.4. The number of rotatable bonds is 7. The van der Waals surface area contributed by atoms with Gasteiger partial charge >= 0.3 is 0 Å². The summed E-state index contributed by atoms with van der Waals surface area (Å²) < 4.78 is 0. The first kappa shape index (κ1) is 13.3. The Labute approximate surface area is 84.5 Å². The number of aldehydes is 2. The van der Waals surface area contributed by atoms with Gasteiger partial charge in [-0.25, -0.2) is 9.78 Å². The van der Waals surface area contributed by atoms with E-state index in [1.165, 1.54) is 0 Å². The van der Waals surface area contributed by atoms with E-state index in [4.69, 9.17) is 9.78 Å². The molecule has 0 spiro atoms. The van der Waals surface area contributed by atoms with Gasteiger partial charge in [0.15, 0.2) is 23.8 Å². The van der Waals surface area contributed by atoms with Gasteiger partial charge < -0.3 is 9.59 Å². The highest BCUT2D eigenvalue weighted by Gasteiger charge is 2.30. The molecular weight excluding hydrogens is 184 g/mol. The molecule has 2 atom stereocenters. The fourth-order valence-electron chi connectivity index (χ4n) is 0.514. The lowest BCUT2D eigenvalue weighted by molar-refractivity contribution is -0.383. The standard InChI is InChI=1S/C10H18O4/c1-5-9(3,7-11)13-14-10(4,6-2)8-12/h7-8H,5-6H2,1-4H3. The molecule has 0 amide bonds. The van der Waals surface area contributed by atoms with Gasteiger partial charge in [-0.05, 0) is 26.7 Å². The molecule has 0 fully saturated rings. The highest BCUT2D eigenvalue weighted by molar-refractivity contribution is 5.62. The molecule has 0 radical (unpaired) electrons. The van der Waals surface area contributed by atoms with Crippen LogP contribution in [0.4, 0.5) is 0 Å². The molecule has 0 aromatic heterocycles. The van der Waals surface area contributed by atoms with E-state index < -0.39 is 11.2 Å². The first-order chi connectivity index (χ1) is 6.45. The van der Waals surface area contributed by atoms with Gasteiger partial charge in [0.1, 0.15) is 0 Å². The van der Waals surface area contributed by atoms with Crippen molar-refractivity contribution in [1.29, 1.82) is 0 Å². The zero-order valence-electron chi connectivity index (χ0n) is 9.20. The predicted molar refractivity (Wildman–Crippen MR) is 51.7 cm³/mol. The second kappa shape index (κ2) is 5.22. The van der Waals surface area contributed by atoms with Gasteiger partial charge in [-0.15, -0.1) is 0 Å². The summed E-state index contributed by atoms with van der Waals surface area (Å²) in [6.45, 7) is 6.84. The van der Waals surface area contributed by atoms with E-state index in [2.05, 4.69) is 0 Å². The Hall–Kier alpha value is -0.740. The first-order valence-electron chi connectivity index (χ1n) is 4.74. The average Bonchev–Trinajstić information content (AvgIpc) is 2.25. The van der Waals surface area contributed by atoms with E-state index >= 15 is 0 Å².